The summed E-state index contributed by atoms with van der Waals surface area (Å²) in [4.78, 5) is 6.21. The molecule has 18 heavy (non-hydrogen) atoms. The summed E-state index contributed by atoms with van der Waals surface area (Å²) in [5.41, 5.74) is 6.54. The van der Waals surface area contributed by atoms with Gasteiger partial charge in [0.1, 0.15) is 11.9 Å². The van der Waals surface area contributed by atoms with E-state index in [0.29, 0.717) is 30.2 Å². The number of morpholine rings is 1. The third kappa shape index (κ3) is 2.37. The van der Waals surface area contributed by atoms with E-state index in [1.165, 1.54) is 6.20 Å². The Morgan fingerprint density at radius 1 is 1.72 bits per heavy atom. The molecule has 6 nitrogen and oxygen atoms in total. The molecular weight excluding hydrogens is 232 g/mol. The van der Waals surface area contributed by atoms with Gasteiger partial charge in [-0.3, -0.25) is 0 Å². The van der Waals surface area contributed by atoms with Gasteiger partial charge in [-0.2, -0.15) is 5.26 Å². The largest absolute Gasteiger partial charge is 0.397 e. The Morgan fingerprint density at radius 3 is 3.17 bits per heavy atom. The second-order valence-corrected chi connectivity index (χ2v) is 4.39. The molecule has 2 atom stereocenters. The molecule has 1 saturated heterocycles. The van der Waals surface area contributed by atoms with E-state index in [4.69, 9.17) is 20.8 Å². The van der Waals surface area contributed by atoms with Crippen LogP contribution in [-0.4, -0.2) is 42.0 Å². The minimum atomic E-state index is -0.243. The average molecular weight is 248 g/mol. The predicted octanol–water partition coefficient (Wildman–Crippen LogP) is 0.121. The Bertz CT molecular complexity index is 472. The van der Waals surface area contributed by atoms with Gasteiger partial charge in [0.05, 0.1) is 42.8 Å². The van der Waals surface area contributed by atoms with Gasteiger partial charge in [-0.25, -0.2) is 4.98 Å². The number of aromatic nitrogens is 1. The van der Waals surface area contributed by atoms with E-state index >= 15 is 0 Å². The van der Waals surface area contributed by atoms with E-state index in [2.05, 4.69) is 11.1 Å². The van der Waals surface area contributed by atoms with E-state index in [1.807, 2.05) is 11.8 Å². The molecule has 6 heteroatoms. The van der Waals surface area contributed by atoms with E-state index in [9.17, 15) is 0 Å². The van der Waals surface area contributed by atoms with Crippen LogP contribution in [-0.2, 0) is 4.74 Å². The van der Waals surface area contributed by atoms with Crippen LogP contribution in [0.5, 0.6) is 0 Å². The van der Waals surface area contributed by atoms with Crippen LogP contribution >= 0.6 is 0 Å². The van der Waals surface area contributed by atoms with Crippen LogP contribution in [0.3, 0.4) is 0 Å². The number of rotatable bonds is 2. The van der Waals surface area contributed by atoms with Crippen molar-refractivity contribution in [3.63, 3.8) is 0 Å². The number of nitriles is 1. The van der Waals surface area contributed by atoms with Crippen molar-refractivity contribution in [1.82, 2.24) is 4.98 Å². The maximum absolute atomic E-state index is 9.16. The van der Waals surface area contributed by atoms with Crippen LogP contribution in [0.2, 0.25) is 0 Å². The molecule has 0 saturated carbocycles. The smallest absolute Gasteiger partial charge is 0.147 e. The van der Waals surface area contributed by atoms with Crippen molar-refractivity contribution in [3.05, 3.63) is 17.8 Å². The quantitative estimate of drug-likeness (QED) is 0.772. The summed E-state index contributed by atoms with van der Waals surface area (Å²) in [7, 11) is 0. The number of nitrogens with two attached hydrogens (primary N) is 1. The van der Waals surface area contributed by atoms with Crippen molar-refractivity contribution in [2.24, 2.45) is 0 Å². The van der Waals surface area contributed by atoms with Gasteiger partial charge in [0.2, 0.25) is 0 Å². The Labute approximate surface area is 106 Å². The van der Waals surface area contributed by atoms with Crippen molar-refractivity contribution in [2.75, 3.05) is 30.4 Å². The lowest BCUT2D eigenvalue weighted by atomic mass is 10.1. The first-order valence-electron chi connectivity index (χ1n) is 5.80. The molecule has 0 aromatic carbocycles. The second kappa shape index (κ2) is 5.21. The number of aliphatic hydroxyl groups is 1. The first kappa shape index (κ1) is 12.6. The fourth-order valence-electron chi connectivity index (χ4n) is 2.01. The van der Waals surface area contributed by atoms with Crippen LogP contribution < -0.4 is 10.6 Å². The Balaban J connectivity index is 2.32. The minimum Gasteiger partial charge on any atom is -0.397 e. The van der Waals surface area contributed by atoms with Gasteiger partial charge in [0.25, 0.3) is 0 Å². The SMILES string of the molecule is CC1COC(CO)CN1c1ncc(N)cc1C#N. The van der Waals surface area contributed by atoms with Gasteiger partial charge >= 0.3 is 0 Å². The van der Waals surface area contributed by atoms with Crippen molar-refractivity contribution in [3.8, 4) is 6.07 Å². The van der Waals surface area contributed by atoms with Crippen LogP contribution in [0.15, 0.2) is 12.3 Å². The summed E-state index contributed by atoms with van der Waals surface area (Å²) in [5, 5.41) is 18.3. The molecule has 96 valence electrons. The third-order valence-electron chi connectivity index (χ3n) is 2.99. The number of pyridine rings is 1. The highest BCUT2D eigenvalue weighted by Gasteiger charge is 2.28. The van der Waals surface area contributed by atoms with Crippen LogP contribution in [0.25, 0.3) is 0 Å². The third-order valence-corrected chi connectivity index (χ3v) is 2.99. The molecule has 0 aliphatic carbocycles. The number of ether oxygens (including phenoxy) is 1. The first-order valence-corrected chi connectivity index (χ1v) is 5.80. The van der Waals surface area contributed by atoms with Gasteiger partial charge in [0, 0.05) is 6.54 Å². The van der Waals surface area contributed by atoms with Crippen molar-refractivity contribution in [1.29, 1.82) is 5.26 Å². The van der Waals surface area contributed by atoms with Crippen LogP contribution in [0, 0.1) is 11.3 Å². The molecule has 2 unspecified atom stereocenters. The maximum atomic E-state index is 9.16. The van der Waals surface area contributed by atoms with Gasteiger partial charge in [-0.15, -0.1) is 0 Å². The molecule has 1 aromatic heterocycles. The van der Waals surface area contributed by atoms with E-state index < -0.39 is 0 Å². The number of hydrogen-bond acceptors (Lipinski definition) is 6. The zero-order chi connectivity index (χ0) is 13.1. The molecule has 1 aliphatic rings. The Kier molecular flexibility index (Phi) is 3.65. The molecule has 1 fully saturated rings. The monoisotopic (exact) mass is 248 g/mol. The number of nitrogen functional groups attached to an aromatic ring is 1. The molecule has 0 spiro atoms. The maximum Gasteiger partial charge on any atom is 0.147 e. The topological polar surface area (TPSA) is 95.4 Å². The number of hydrogen-bond donors (Lipinski definition) is 2. The zero-order valence-electron chi connectivity index (χ0n) is 10.2. The van der Waals surface area contributed by atoms with E-state index in [0.717, 1.165) is 0 Å². The number of aliphatic hydroxyl groups excluding tert-OH is 1. The molecule has 2 heterocycles. The Morgan fingerprint density at radius 2 is 2.50 bits per heavy atom. The van der Waals surface area contributed by atoms with Gasteiger partial charge in [-0.05, 0) is 13.0 Å². The fraction of sp³-hybridized carbons (Fsp3) is 0.500. The van der Waals surface area contributed by atoms with Crippen molar-refractivity contribution in [2.45, 2.75) is 19.1 Å². The summed E-state index contributed by atoms with van der Waals surface area (Å²) in [6.45, 7) is 2.97. The number of nitrogens with zero attached hydrogens (tertiary/aromatic N) is 3. The molecule has 3 N–H and O–H groups in total. The van der Waals surface area contributed by atoms with Gasteiger partial charge in [-0.1, -0.05) is 0 Å². The molecule has 0 radical (unpaired) electrons. The normalized spacial score (nSPS) is 23.7. The first-order chi connectivity index (χ1) is 8.65. The Hall–Kier alpha value is -1.84. The second-order valence-electron chi connectivity index (χ2n) is 4.39. The molecule has 0 bridgehead atoms. The van der Waals surface area contributed by atoms with Crippen molar-refractivity contribution >= 4 is 11.5 Å². The fourth-order valence-corrected chi connectivity index (χ4v) is 2.01. The van der Waals surface area contributed by atoms with Crippen LogP contribution in [0.4, 0.5) is 11.5 Å². The van der Waals surface area contributed by atoms with Gasteiger partial charge < -0.3 is 20.5 Å². The summed E-state index contributed by atoms with van der Waals surface area (Å²) < 4.78 is 5.46. The summed E-state index contributed by atoms with van der Waals surface area (Å²) in [5.74, 6) is 0.598. The van der Waals surface area contributed by atoms with Gasteiger partial charge in [0.15, 0.2) is 0 Å². The van der Waals surface area contributed by atoms with E-state index in [1.54, 1.807) is 6.07 Å². The average Bonchev–Trinajstić information content (AvgIpc) is 2.39. The lowest BCUT2D eigenvalue weighted by Crippen LogP contribution is -2.50. The summed E-state index contributed by atoms with van der Waals surface area (Å²) in [6, 6.07) is 3.82. The highest BCUT2D eigenvalue weighted by Crippen LogP contribution is 2.24. The minimum absolute atomic E-state index is 0.0416. The predicted molar refractivity (Wildman–Crippen MR) is 67.0 cm³/mol. The number of anilines is 2. The summed E-state index contributed by atoms with van der Waals surface area (Å²) in [6.07, 6.45) is 1.29. The molecular formula is C12H16N4O2. The van der Waals surface area contributed by atoms with E-state index in [-0.39, 0.29) is 18.8 Å². The zero-order valence-corrected chi connectivity index (χ0v) is 10.2. The highest BCUT2D eigenvalue weighted by molar-refractivity contribution is 5.59. The molecule has 1 aromatic rings. The van der Waals surface area contributed by atoms with Crippen LogP contribution in [0.1, 0.15) is 12.5 Å². The summed E-state index contributed by atoms with van der Waals surface area (Å²) >= 11 is 0. The molecule has 2 rings (SSSR count). The lowest BCUT2D eigenvalue weighted by Gasteiger charge is -2.38. The lowest BCUT2D eigenvalue weighted by molar-refractivity contribution is -0.0105. The highest BCUT2D eigenvalue weighted by atomic mass is 16.5. The standard InChI is InChI=1S/C12H16N4O2/c1-8-7-18-11(6-17)5-16(8)12-9(3-13)2-10(14)4-15-12/h2,4,8,11,17H,5-7,14H2,1H3. The van der Waals surface area contributed by atoms with Crippen molar-refractivity contribution < 1.29 is 9.84 Å². The molecule has 0 amide bonds. The molecule has 1 aliphatic heterocycles.